The van der Waals surface area contributed by atoms with E-state index in [-0.39, 0.29) is 12.4 Å². The summed E-state index contributed by atoms with van der Waals surface area (Å²) in [7, 11) is 0. The first-order valence-electron chi connectivity index (χ1n) is 6.83. The minimum Gasteiger partial charge on any atom is -0.399 e. The first-order valence-corrected chi connectivity index (χ1v) is 7.71. The number of hydrogen-bond donors (Lipinski definition) is 2. The molecule has 1 heterocycles. The van der Waals surface area contributed by atoms with Crippen molar-refractivity contribution in [1.82, 2.24) is 5.32 Å². The van der Waals surface area contributed by atoms with Crippen LogP contribution in [0, 0.1) is 6.92 Å². The Labute approximate surface area is 131 Å². The zero-order chi connectivity index (χ0) is 13.7. The minimum absolute atomic E-state index is 0. The summed E-state index contributed by atoms with van der Waals surface area (Å²) in [4.78, 5) is 1.43. The highest BCUT2D eigenvalue weighted by Gasteiger charge is 2.16. The summed E-state index contributed by atoms with van der Waals surface area (Å²) in [5, 5.41) is 5.81. The quantitative estimate of drug-likeness (QED) is 0.779. The molecule has 0 radical (unpaired) electrons. The maximum Gasteiger partial charge on any atom is 0.0459 e. The van der Waals surface area contributed by atoms with E-state index in [1.165, 1.54) is 16.0 Å². The van der Waals surface area contributed by atoms with Crippen LogP contribution in [0.2, 0.25) is 0 Å². The van der Waals surface area contributed by atoms with Gasteiger partial charge in [0.15, 0.2) is 0 Å². The van der Waals surface area contributed by atoms with Crippen molar-refractivity contribution >= 4 is 29.4 Å². The fourth-order valence-electron chi connectivity index (χ4n) is 2.26. The molecule has 110 valence electrons. The van der Waals surface area contributed by atoms with Gasteiger partial charge < -0.3 is 11.1 Å². The summed E-state index contributed by atoms with van der Waals surface area (Å²) in [6.45, 7) is 5.41. The van der Waals surface area contributed by atoms with E-state index in [0.717, 1.165) is 25.1 Å². The maximum absolute atomic E-state index is 6.06. The molecule has 1 unspecified atom stereocenters. The fraction of sp³-hybridized carbons (Fsp3) is 0.375. The Morgan fingerprint density at radius 1 is 1.25 bits per heavy atom. The molecule has 2 nitrogen and oxygen atoms in total. The van der Waals surface area contributed by atoms with E-state index in [4.69, 9.17) is 5.73 Å². The summed E-state index contributed by atoms with van der Waals surface area (Å²) >= 11 is 1.83. The van der Waals surface area contributed by atoms with Crippen molar-refractivity contribution in [1.29, 1.82) is 0 Å². The number of para-hydroxylation sites is 1. The second kappa shape index (κ2) is 8.30. The molecule has 0 aliphatic heterocycles. The van der Waals surface area contributed by atoms with Crippen LogP contribution in [0.4, 0.5) is 5.69 Å². The molecule has 0 bridgehead atoms. The number of nitrogens with two attached hydrogens (primary N) is 1. The Morgan fingerprint density at radius 2 is 2.00 bits per heavy atom. The molecular formula is C16H23ClN2S. The fourth-order valence-corrected chi connectivity index (χ4v) is 3.26. The number of halogens is 1. The van der Waals surface area contributed by atoms with Gasteiger partial charge >= 0.3 is 0 Å². The number of benzene rings is 1. The van der Waals surface area contributed by atoms with Crippen molar-refractivity contribution in [2.75, 3.05) is 12.3 Å². The molecular weight excluding hydrogens is 288 g/mol. The van der Waals surface area contributed by atoms with Gasteiger partial charge in [-0.05, 0) is 54.9 Å². The van der Waals surface area contributed by atoms with Crippen molar-refractivity contribution in [3.63, 3.8) is 0 Å². The van der Waals surface area contributed by atoms with Crippen LogP contribution in [0.25, 0.3) is 0 Å². The smallest absolute Gasteiger partial charge is 0.0459 e. The van der Waals surface area contributed by atoms with Crippen LogP contribution >= 0.6 is 23.7 Å². The Bertz CT molecular complexity index is 525. The molecule has 3 N–H and O–H groups in total. The van der Waals surface area contributed by atoms with Gasteiger partial charge in [0.1, 0.15) is 0 Å². The van der Waals surface area contributed by atoms with E-state index in [1.54, 1.807) is 0 Å². The highest BCUT2D eigenvalue weighted by molar-refractivity contribution is 7.10. The number of nitrogens with one attached hydrogen (secondary N) is 1. The van der Waals surface area contributed by atoms with Gasteiger partial charge in [0.05, 0.1) is 0 Å². The summed E-state index contributed by atoms with van der Waals surface area (Å²) in [6.07, 6.45) is 2.10. The molecule has 1 aromatic carbocycles. The number of hydrogen-bond acceptors (Lipinski definition) is 3. The van der Waals surface area contributed by atoms with Gasteiger partial charge in [0.2, 0.25) is 0 Å². The third kappa shape index (κ3) is 4.23. The molecule has 2 aromatic rings. The normalized spacial score (nSPS) is 11.9. The number of anilines is 1. The largest absolute Gasteiger partial charge is 0.399 e. The lowest BCUT2D eigenvalue weighted by Crippen LogP contribution is -2.24. The maximum atomic E-state index is 6.06. The van der Waals surface area contributed by atoms with E-state index in [2.05, 4.69) is 42.7 Å². The third-order valence-electron chi connectivity index (χ3n) is 3.34. The van der Waals surface area contributed by atoms with Crippen molar-refractivity contribution in [3.05, 3.63) is 51.7 Å². The van der Waals surface area contributed by atoms with Crippen LogP contribution in [-0.4, -0.2) is 6.54 Å². The zero-order valence-electron chi connectivity index (χ0n) is 12.1. The van der Waals surface area contributed by atoms with Gasteiger partial charge in [0, 0.05) is 16.6 Å². The second-order valence-electron chi connectivity index (χ2n) is 4.88. The van der Waals surface area contributed by atoms with Crippen LogP contribution in [0.3, 0.4) is 0 Å². The molecule has 0 fully saturated rings. The first-order chi connectivity index (χ1) is 9.22. The van der Waals surface area contributed by atoms with Gasteiger partial charge in [-0.3, -0.25) is 0 Å². The minimum atomic E-state index is 0. The molecule has 0 aliphatic rings. The predicted octanol–water partition coefficient (Wildman–Crippen LogP) is 4.34. The van der Waals surface area contributed by atoms with Crippen molar-refractivity contribution in [2.24, 2.45) is 0 Å². The Balaban J connectivity index is 0.00000200. The zero-order valence-corrected chi connectivity index (χ0v) is 13.7. The lowest BCUT2D eigenvalue weighted by atomic mass is 10.0. The van der Waals surface area contributed by atoms with E-state index in [0.29, 0.717) is 6.04 Å². The van der Waals surface area contributed by atoms with Gasteiger partial charge in [-0.2, -0.15) is 0 Å². The average molecular weight is 311 g/mol. The number of aryl methyl sites for hydroxylation is 1. The molecule has 0 aliphatic carbocycles. The number of thiophene rings is 1. The standard InChI is InChI=1S/C16H22N2S.ClH/c1-3-9-18-15(16-12(2)8-10-19-16)11-13-6-4-5-7-14(13)17;/h4-8,10,15,18H,3,9,11,17H2,1-2H3;1H. The summed E-state index contributed by atoms with van der Waals surface area (Å²) in [6, 6.07) is 10.7. The van der Waals surface area contributed by atoms with Gasteiger partial charge in [0.25, 0.3) is 0 Å². The number of nitrogen functional groups attached to an aromatic ring is 1. The van der Waals surface area contributed by atoms with Gasteiger partial charge in [-0.15, -0.1) is 23.7 Å². The molecule has 0 saturated carbocycles. The molecule has 2 rings (SSSR count). The summed E-state index contributed by atoms with van der Waals surface area (Å²) in [5.41, 5.74) is 9.55. The van der Waals surface area contributed by atoms with E-state index in [9.17, 15) is 0 Å². The van der Waals surface area contributed by atoms with E-state index < -0.39 is 0 Å². The van der Waals surface area contributed by atoms with Crippen LogP contribution in [0.15, 0.2) is 35.7 Å². The Hall–Kier alpha value is -1.03. The molecule has 0 spiro atoms. The molecule has 4 heteroatoms. The summed E-state index contributed by atoms with van der Waals surface area (Å²) in [5.74, 6) is 0. The van der Waals surface area contributed by atoms with Gasteiger partial charge in [-0.1, -0.05) is 25.1 Å². The highest BCUT2D eigenvalue weighted by Crippen LogP contribution is 2.28. The SMILES string of the molecule is CCCNC(Cc1ccccc1N)c1sccc1C.Cl. The second-order valence-corrected chi connectivity index (χ2v) is 5.83. The predicted molar refractivity (Wildman–Crippen MR) is 91.9 cm³/mol. The lowest BCUT2D eigenvalue weighted by molar-refractivity contribution is 0.535. The molecule has 20 heavy (non-hydrogen) atoms. The average Bonchev–Trinajstić information content (AvgIpc) is 2.83. The van der Waals surface area contributed by atoms with Crippen LogP contribution in [-0.2, 0) is 6.42 Å². The third-order valence-corrected chi connectivity index (χ3v) is 4.47. The molecule has 0 saturated heterocycles. The molecule has 1 aromatic heterocycles. The van der Waals surface area contributed by atoms with Crippen molar-refractivity contribution in [2.45, 2.75) is 32.7 Å². The highest BCUT2D eigenvalue weighted by atomic mass is 35.5. The topological polar surface area (TPSA) is 38.0 Å². The lowest BCUT2D eigenvalue weighted by Gasteiger charge is -2.19. The van der Waals surface area contributed by atoms with Gasteiger partial charge in [-0.25, -0.2) is 0 Å². The first kappa shape index (κ1) is 17.0. The number of rotatable bonds is 6. The van der Waals surface area contributed by atoms with E-state index >= 15 is 0 Å². The summed E-state index contributed by atoms with van der Waals surface area (Å²) < 4.78 is 0. The van der Waals surface area contributed by atoms with Crippen LogP contribution < -0.4 is 11.1 Å². The van der Waals surface area contributed by atoms with Crippen molar-refractivity contribution < 1.29 is 0 Å². The monoisotopic (exact) mass is 310 g/mol. The molecule has 0 amide bonds. The van der Waals surface area contributed by atoms with Crippen LogP contribution in [0.1, 0.15) is 35.4 Å². The van der Waals surface area contributed by atoms with E-state index in [1.807, 2.05) is 23.5 Å². The van der Waals surface area contributed by atoms with Crippen molar-refractivity contribution in [3.8, 4) is 0 Å². The Morgan fingerprint density at radius 3 is 2.60 bits per heavy atom. The molecule has 1 atom stereocenters. The Kier molecular flexibility index (Phi) is 7.06. The van der Waals surface area contributed by atoms with Crippen LogP contribution in [0.5, 0.6) is 0 Å².